The second kappa shape index (κ2) is 5.75. The highest BCUT2D eigenvalue weighted by Crippen LogP contribution is 2.13. The van der Waals surface area contributed by atoms with Crippen LogP contribution in [0.1, 0.15) is 13.3 Å². The molecule has 1 unspecified atom stereocenters. The lowest BCUT2D eigenvalue weighted by molar-refractivity contribution is 0.504. The van der Waals surface area contributed by atoms with Crippen molar-refractivity contribution in [2.75, 3.05) is 6.54 Å². The van der Waals surface area contributed by atoms with E-state index < -0.39 is 21.7 Å². The van der Waals surface area contributed by atoms with E-state index in [2.05, 4.69) is 4.72 Å². The molecule has 1 rings (SSSR count). The quantitative estimate of drug-likeness (QED) is 0.843. The third-order valence-electron chi connectivity index (χ3n) is 2.14. The Morgan fingerprint density at radius 3 is 2.53 bits per heavy atom. The van der Waals surface area contributed by atoms with Gasteiger partial charge in [0.1, 0.15) is 0 Å². The van der Waals surface area contributed by atoms with Crippen LogP contribution < -0.4 is 4.72 Å². The highest BCUT2D eigenvalue weighted by Gasteiger charge is 2.17. The molecule has 0 aromatic heterocycles. The Kier molecular flexibility index (Phi) is 4.85. The van der Waals surface area contributed by atoms with E-state index >= 15 is 0 Å². The lowest BCUT2D eigenvalue weighted by atomic mass is 10.3. The van der Waals surface area contributed by atoms with Gasteiger partial charge in [0.25, 0.3) is 0 Å². The highest BCUT2D eigenvalue weighted by atomic mass is 35.5. The van der Waals surface area contributed by atoms with Gasteiger partial charge in [0.15, 0.2) is 11.6 Å². The van der Waals surface area contributed by atoms with Gasteiger partial charge in [0.2, 0.25) is 10.0 Å². The Bertz CT molecular complexity index is 493. The Morgan fingerprint density at radius 2 is 2.00 bits per heavy atom. The Morgan fingerprint density at radius 1 is 1.35 bits per heavy atom. The SMILES string of the molecule is CCC(Cl)CNS(=O)(=O)c1ccc(F)c(F)c1. The van der Waals surface area contributed by atoms with Crippen molar-refractivity contribution in [2.45, 2.75) is 23.6 Å². The van der Waals surface area contributed by atoms with Crippen LogP contribution in [0.5, 0.6) is 0 Å². The predicted molar refractivity (Wildman–Crippen MR) is 61.5 cm³/mol. The molecule has 3 nitrogen and oxygen atoms in total. The zero-order valence-corrected chi connectivity index (χ0v) is 10.7. The van der Waals surface area contributed by atoms with Crippen molar-refractivity contribution in [1.29, 1.82) is 0 Å². The Labute approximate surface area is 104 Å². The molecule has 0 aliphatic heterocycles. The van der Waals surface area contributed by atoms with E-state index in [0.717, 1.165) is 12.1 Å². The standard InChI is InChI=1S/C10H12ClF2NO2S/c1-2-7(11)6-14-17(15,16)8-3-4-9(12)10(13)5-8/h3-5,7,14H,2,6H2,1H3. The lowest BCUT2D eigenvalue weighted by Crippen LogP contribution is -2.29. The molecule has 0 saturated carbocycles. The summed E-state index contributed by atoms with van der Waals surface area (Å²) in [7, 11) is -3.85. The summed E-state index contributed by atoms with van der Waals surface area (Å²) in [6.07, 6.45) is 0.599. The van der Waals surface area contributed by atoms with Crippen LogP contribution in [0.25, 0.3) is 0 Å². The van der Waals surface area contributed by atoms with Gasteiger partial charge in [-0.3, -0.25) is 0 Å². The number of hydrogen-bond donors (Lipinski definition) is 1. The van der Waals surface area contributed by atoms with Crippen LogP contribution in [0.2, 0.25) is 0 Å². The van der Waals surface area contributed by atoms with Crippen molar-refractivity contribution in [1.82, 2.24) is 4.72 Å². The molecule has 0 spiro atoms. The van der Waals surface area contributed by atoms with Crippen LogP contribution >= 0.6 is 11.6 Å². The Balaban J connectivity index is 2.86. The number of halogens is 3. The van der Waals surface area contributed by atoms with Gasteiger partial charge < -0.3 is 0 Å². The van der Waals surface area contributed by atoms with Gasteiger partial charge in [-0.2, -0.15) is 0 Å². The number of hydrogen-bond acceptors (Lipinski definition) is 2. The van der Waals surface area contributed by atoms with Crippen molar-refractivity contribution in [3.8, 4) is 0 Å². The average molecular weight is 284 g/mol. The molecule has 1 atom stereocenters. The highest BCUT2D eigenvalue weighted by molar-refractivity contribution is 7.89. The van der Waals surface area contributed by atoms with Gasteiger partial charge in [-0.05, 0) is 24.6 Å². The molecule has 96 valence electrons. The first-order valence-corrected chi connectivity index (χ1v) is 6.87. The number of alkyl halides is 1. The summed E-state index contributed by atoms with van der Waals surface area (Å²) >= 11 is 5.75. The molecule has 0 aliphatic carbocycles. The predicted octanol–water partition coefficient (Wildman–Crippen LogP) is 2.26. The number of rotatable bonds is 5. The molecule has 0 fully saturated rings. The van der Waals surface area contributed by atoms with Crippen molar-refractivity contribution in [3.05, 3.63) is 29.8 Å². The van der Waals surface area contributed by atoms with Crippen molar-refractivity contribution >= 4 is 21.6 Å². The monoisotopic (exact) mass is 283 g/mol. The molecule has 0 bridgehead atoms. The topological polar surface area (TPSA) is 46.2 Å². The molecule has 7 heteroatoms. The summed E-state index contributed by atoms with van der Waals surface area (Å²) in [5.41, 5.74) is 0. The molecule has 1 N–H and O–H groups in total. The fourth-order valence-electron chi connectivity index (χ4n) is 1.07. The van der Waals surface area contributed by atoms with Crippen LogP contribution in [0.3, 0.4) is 0 Å². The molecule has 0 aliphatic rings. The van der Waals surface area contributed by atoms with E-state index in [4.69, 9.17) is 11.6 Å². The molecule has 1 aromatic carbocycles. The maximum absolute atomic E-state index is 12.9. The van der Waals surface area contributed by atoms with Gasteiger partial charge in [-0.25, -0.2) is 21.9 Å². The summed E-state index contributed by atoms with van der Waals surface area (Å²) < 4.78 is 51.1. The van der Waals surface area contributed by atoms with Crippen LogP contribution in [-0.2, 0) is 10.0 Å². The van der Waals surface area contributed by atoms with Gasteiger partial charge >= 0.3 is 0 Å². The smallest absolute Gasteiger partial charge is 0.210 e. The average Bonchev–Trinajstić information content (AvgIpc) is 2.29. The maximum Gasteiger partial charge on any atom is 0.240 e. The zero-order valence-electron chi connectivity index (χ0n) is 9.08. The minimum absolute atomic E-state index is 0.0411. The van der Waals surface area contributed by atoms with Crippen molar-refractivity contribution in [2.24, 2.45) is 0 Å². The van der Waals surface area contributed by atoms with Gasteiger partial charge in [-0.1, -0.05) is 6.92 Å². The molecule has 1 aromatic rings. The third kappa shape index (κ3) is 3.90. The summed E-state index contributed by atoms with van der Waals surface area (Å²) in [5.74, 6) is -2.29. The van der Waals surface area contributed by atoms with Crippen LogP contribution in [-0.4, -0.2) is 20.3 Å². The maximum atomic E-state index is 12.9. The minimum Gasteiger partial charge on any atom is -0.210 e. The van der Waals surface area contributed by atoms with E-state index in [1.807, 2.05) is 6.92 Å². The van der Waals surface area contributed by atoms with Crippen LogP contribution in [0.15, 0.2) is 23.1 Å². The van der Waals surface area contributed by atoms with Crippen LogP contribution in [0, 0.1) is 11.6 Å². The first-order valence-electron chi connectivity index (χ1n) is 4.95. The first kappa shape index (κ1) is 14.3. The van der Waals surface area contributed by atoms with Crippen molar-refractivity contribution < 1.29 is 17.2 Å². The second-order valence-corrected chi connectivity index (χ2v) is 5.82. The fourth-order valence-corrected chi connectivity index (χ4v) is 2.33. The van der Waals surface area contributed by atoms with Gasteiger partial charge in [0, 0.05) is 11.9 Å². The largest absolute Gasteiger partial charge is 0.240 e. The van der Waals surface area contributed by atoms with E-state index in [1.54, 1.807) is 0 Å². The lowest BCUT2D eigenvalue weighted by Gasteiger charge is -2.09. The van der Waals surface area contributed by atoms with Gasteiger partial charge in [0.05, 0.1) is 4.90 Å². The first-order chi connectivity index (χ1) is 7.86. The summed E-state index contributed by atoms with van der Waals surface area (Å²) in [6, 6.07) is 2.39. The van der Waals surface area contributed by atoms with E-state index in [9.17, 15) is 17.2 Å². The molecule has 0 heterocycles. The molecular formula is C10H12ClF2NO2S. The summed E-state index contributed by atoms with van der Waals surface area (Å²) in [6.45, 7) is 1.85. The van der Waals surface area contributed by atoms with E-state index in [-0.39, 0.29) is 16.8 Å². The van der Waals surface area contributed by atoms with E-state index in [0.29, 0.717) is 12.5 Å². The summed E-state index contributed by atoms with van der Waals surface area (Å²) in [4.78, 5) is -0.323. The normalized spacial score (nSPS) is 13.6. The third-order valence-corrected chi connectivity index (χ3v) is 4.02. The molecule has 17 heavy (non-hydrogen) atoms. The zero-order chi connectivity index (χ0) is 13.1. The fraction of sp³-hybridized carbons (Fsp3) is 0.400. The number of sulfonamides is 1. The number of nitrogens with one attached hydrogen (secondary N) is 1. The van der Waals surface area contributed by atoms with Gasteiger partial charge in [-0.15, -0.1) is 11.6 Å². The van der Waals surface area contributed by atoms with Crippen LogP contribution in [0.4, 0.5) is 8.78 Å². The van der Waals surface area contributed by atoms with Crippen molar-refractivity contribution in [3.63, 3.8) is 0 Å². The van der Waals surface area contributed by atoms with E-state index in [1.165, 1.54) is 0 Å². The molecule has 0 amide bonds. The molecular weight excluding hydrogens is 272 g/mol. The number of benzene rings is 1. The molecule has 0 radical (unpaired) electrons. The Hall–Kier alpha value is -0.720. The summed E-state index contributed by atoms with van der Waals surface area (Å²) in [5, 5.41) is -0.338. The minimum atomic E-state index is -3.85. The molecule has 0 saturated heterocycles. The second-order valence-electron chi connectivity index (χ2n) is 3.43.